The molecule has 6 heteroatoms. The second kappa shape index (κ2) is 7.12. The number of phenols is 1. The second-order valence-electron chi connectivity index (χ2n) is 4.42. The zero-order valence-corrected chi connectivity index (χ0v) is 12.0. The third kappa shape index (κ3) is 4.24. The minimum absolute atomic E-state index is 0.125. The summed E-state index contributed by atoms with van der Waals surface area (Å²) in [5.74, 6) is -0.275. The summed E-state index contributed by atoms with van der Waals surface area (Å²) in [4.78, 5) is 23.3. The molecule has 0 aliphatic heterocycles. The lowest BCUT2D eigenvalue weighted by Crippen LogP contribution is -2.19. The maximum Gasteiger partial charge on any atom is 0.338 e. The maximum absolute atomic E-state index is 11.8. The number of urea groups is 1. The van der Waals surface area contributed by atoms with Crippen LogP contribution >= 0.6 is 0 Å². The third-order valence-corrected chi connectivity index (χ3v) is 2.78. The van der Waals surface area contributed by atoms with Gasteiger partial charge in [-0.05, 0) is 55.5 Å². The number of hydrogen-bond acceptors (Lipinski definition) is 4. The number of rotatable bonds is 4. The summed E-state index contributed by atoms with van der Waals surface area (Å²) in [6.07, 6.45) is 0. The molecule has 114 valence electrons. The zero-order chi connectivity index (χ0) is 15.9. The Labute approximate surface area is 127 Å². The molecule has 2 aromatic carbocycles. The van der Waals surface area contributed by atoms with Crippen LogP contribution in [0.1, 0.15) is 17.3 Å². The number of aromatic hydroxyl groups is 1. The standard InChI is InChI=1S/C16H16N2O4/c1-2-22-15(20)11-3-5-12(6-4-11)17-16(21)18-13-7-9-14(19)10-8-13/h3-10,19H,2H2,1H3,(H2,17,18,21). The number of amides is 2. The van der Waals surface area contributed by atoms with Crippen molar-refractivity contribution in [2.75, 3.05) is 17.2 Å². The topological polar surface area (TPSA) is 87.7 Å². The molecule has 3 N–H and O–H groups in total. The minimum Gasteiger partial charge on any atom is -0.508 e. The van der Waals surface area contributed by atoms with Gasteiger partial charge in [0.25, 0.3) is 0 Å². The Morgan fingerprint density at radius 2 is 1.45 bits per heavy atom. The lowest BCUT2D eigenvalue weighted by molar-refractivity contribution is 0.0526. The molecule has 2 rings (SSSR count). The number of phenolic OH excluding ortho intramolecular Hbond substituents is 1. The van der Waals surface area contributed by atoms with Crippen molar-refractivity contribution in [3.05, 3.63) is 54.1 Å². The molecular weight excluding hydrogens is 284 g/mol. The molecule has 0 heterocycles. The Morgan fingerprint density at radius 3 is 1.95 bits per heavy atom. The monoisotopic (exact) mass is 300 g/mol. The highest BCUT2D eigenvalue weighted by Crippen LogP contribution is 2.15. The van der Waals surface area contributed by atoms with Crippen LogP contribution in [0.3, 0.4) is 0 Å². The average Bonchev–Trinajstić information content (AvgIpc) is 2.50. The summed E-state index contributed by atoms with van der Waals surface area (Å²) in [6.45, 7) is 2.05. The minimum atomic E-state index is -0.422. The van der Waals surface area contributed by atoms with E-state index in [1.807, 2.05) is 0 Å². The third-order valence-electron chi connectivity index (χ3n) is 2.78. The number of anilines is 2. The van der Waals surface area contributed by atoms with Crippen LogP contribution < -0.4 is 10.6 Å². The highest BCUT2D eigenvalue weighted by atomic mass is 16.5. The van der Waals surface area contributed by atoms with Gasteiger partial charge in [-0.3, -0.25) is 0 Å². The Balaban J connectivity index is 1.94. The first-order chi connectivity index (χ1) is 10.6. The van der Waals surface area contributed by atoms with Gasteiger partial charge in [0.1, 0.15) is 5.75 Å². The zero-order valence-electron chi connectivity index (χ0n) is 12.0. The highest BCUT2D eigenvalue weighted by molar-refractivity contribution is 6.00. The summed E-state index contributed by atoms with van der Waals surface area (Å²) >= 11 is 0. The molecule has 0 atom stereocenters. The molecule has 0 aliphatic carbocycles. The predicted octanol–water partition coefficient (Wildman–Crippen LogP) is 3.21. The van der Waals surface area contributed by atoms with E-state index in [1.165, 1.54) is 12.1 Å². The normalized spacial score (nSPS) is 9.86. The molecule has 0 bridgehead atoms. The summed E-state index contributed by atoms with van der Waals surface area (Å²) in [7, 11) is 0. The van der Waals surface area contributed by atoms with E-state index in [-0.39, 0.29) is 5.75 Å². The van der Waals surface area contributed by atoms with E-state index in [1.54, 1.807) is 43.3 Å². The molecule has 0 aromatic heterocycles. The Bertz CT molecular complexity index is 651. The van der Waals surface area contributed by atoms with Crippen LogP contribution in [-0.2, 0) is 4.74 Å². The van der Waals surface area contributed by atoms with Gasteiger partial charge in [-0.1, -0.05) is 0 Å². The van der Waals surface area contributed by atoms with Crippen LogP contribution in [-0.4, -0.2) is 23.7 Å². The lowest BCUT2D eigenvalue weighted by Gasteiger charge is -2.08. The highest BCUT2D eigenvalue weighted by Gasteiger charge is 2.07. The molecule has 0 saturated heterocycles. The average molecular weight is 300 g/mol. The van der Waals surface area contributed by atoms with Crippen LogP contribution in [0.2, 0.25) is 0 Å². The molecule has 0 saturated carbocycles. The predicted molar refractivity (Wildman–Crippen MR) is 83.1 cm³/mol. The van der Waals surface area contributed by atoms with Crippen molar-refractivity contribution in [1.29, 1.82) is 0 Å². The van der Waals surface area contributed by atoms with Crippen LogP contribution in [0.15, 0.2) is 48.5 Å². The van der Waals surface area contributed by atoms with Gasteiger partial charge in [0, 0.05) is 11.4 Å². The molecule has 0 radical (unpaired) electrons. The molecule has 22 heavy (non-hydrogen) atoms. The van der Waals surface area contributed by atoms with Crippen molar-refractivity contribution in [2.24, 2.45) is 0 Å². The molecule has 0 fully saturated rings. The number of benzene rings is 2. The first-order valence-corrected chi connectivity index (χ1v) is 6.72. The van der Waals surface area contributed by atoms with Gasteiger partial charge in [0.15, 0.2) is 0 Å². The van der Waals surface area contributed by atoms with E-state index in [0.717, 1.165) is 0 Å². The van der Waals surface area contributed by atoms with Crippen LogP contribution in [0.4, 0.5) is 16.2 Å². The summed E-state index contributed by atoms with van der Waals surface area (Å²) in [6, 6.07) is 12.1. The summed E-state index contributed by atoms with van der Waals surface area (Å²) < 4.78 is 4.88. The number of carbonyl (C=O) groups excluding carboxylic acids is 2. The summed E-state index contributed by atoms with van der Waals surface area (Å²) in [5.41, 5.74) is 1.52. The number of esters is 1. The molecule has 0 spiro atoms. The molecule has 2 amide bonds. The molecule has 0 unspecified atom stereocenters. The van der Waals surface area contributed by atoms with Crippen LogP contribution in [0.25, 0.3) is 0 Å². The van der Waals surface area contributed by atoms with E-state index in [2.05, 4.69) is 10.6 Å². The van der Waals surface area contributed by atoms with Crippen molar-refractivity contribution in [1.82, 2.24) is 0 Å². The first kappa shape index (κ1) is 15.4. The Kier molecular flexibility index (Phi) is 4.98. The number of carbonyl (C=O) groups is 2. The maximum atomic E-state index is 11.8. The van der Waals surface area contributed by atoms with Crippen LogP contribution in [0, 0.1) is 0 Å². The first-order valence-electron chi connectivity index (χ1n) is 6.72. The van der Waals surface area contributed by atoms with E-state index >= 15 is 0 Å². The van der Waals surface area contributed by atoms with E-state index in [9.17, 15) is 9.59 Å². The van der Waals surface area contributed by atoms with Gasteiger partial charge < -0.3 is 20.5 Å². The lowest BCUT2D eigenvalue weighted by atomic mass is 10.2. The van der Waals surface area contributed by atoms with Crippen molar-refractivity contribution in [3.8, 4) is 5.75 Å². The fourth-order valence-electron chi connectivity index (χ4n) is 1.74. The quantitative estimate of drug-likeness (QED) is 0.597. The number of nitrogens with one attached hydrogen (secondary N) is 2. The van der Waals surface area contributed by atoms with Gasteiger partial charge in [-0.15, -0.1) is 0 Å². The largest absolute Gasteiger partial charge is 0.508 e. The molecule has 6 nitrogen and oxygen atoms in total. The van der Waals surface area contributed by atoms with Crippen molar-refractivity contribution in [3.63, 3.8) is 0 Å². The summed E-state index contributed by atoms with van der Waals surface area (Å²) in [5, 5.41) is 14.4. The van der Waals surface area contributed by atoms with E-state index in [4.69, 9.17) is 9.84 Å². The van der Waals surface area contributed by atoms with Gasteiger partial charge in [0.05, 0.1) is 12.2 Å². The Hall–Kier alpha value is -3.02. The van der Waals surface area contributed by atoms with Crippen molar-refractivity contribution in [2.45, 2.75) is 6.92 Å². The molecule has 2 aromatic rings. The van der Waals surface area contributed by atoms with Crippen LogP contribution in [0.5, 0.6) is 5.75 Å². The van der Waals surface area contributed by atoms with E-state index in [0.29, 0.717) is 23.5 Å². The number of hydrogen-bond donors (Lipinski definition) is 3. The number of ether oxygens (including phenoxy) is 1. The van der Waals surface area contributed by atoms with Gasteiger partial charge in [-0.25, -0.2) is 9.59 Å². The van der Waals surface area contributed by atoms with Gasteiger partial charge in [-0.2, -0.15) is 0 Å². The second-order valence-corrected chi connectivity index (χ2v) is 4.42. The van der Waals surface area contributed by atoms with E-state index < -0.39 is 12.0 Å². The van der Waals surface area contributed by atoms with Crippen molar-refractivity contribution >= 4 is 23.4 Å². The SMILES string of the molecule is CCOC(=O)c1ccc(NC(=O)Nc2ccc(O)cc2)cc1. The van der Waals surface area contributed by atoms with Gasteiger partial charge in [0.2, 0.25) is 0 Å². The Morgan fingerprint density at radius 1 is 0.955 bits per heavy atom. The fraction of sp³-hybridized carbons (Fsp3) is 0.125. The molecule has 0 aliphatic rings. The van der Waals surface area contributed by atoms with Gasteiger partial charge >= 0.3 is 12.0 Å². The van der Waals surface area contributed by atoms with Crippen molar-refractivity contribution < 1.29 is 19.4 Å². The molecular formula is C16H16N2O4. The smallest absolute Gasteiger partial charge is 0.338 e. The fourth-order valence-corrected chi connectivity index (χ4v) is 1.74.